The standard InChI is InChI=1S/C19H18O8S/c1-11-5-6-17(16(7-11)12(2)20)27-28(23,24)15-9-13(18(21)25-3)8-14(10-15)19(22)26-4/h5-10H,1-4H3. The summed E-state index contributed by atoms with van der Waals surface area (Å²) in [7, 11) is -2.25. The highest BCUT2D eigenvalue weighted by molar-refractivity contribution is 7.87. The van der Waals surface area contributed by atoms with E-state index in [1.165, 1.54) is 19.1 Å². The van der Waals surface area contributed by atoms with E-state index in [4.69, 9.17) is 4.18 Å². The monoisotopic (exact) mass is 406 g/mol. The minimum atomic E-state index is -4.48. The van der Waals surface area contributed by atoms with Gasteiger partial charge in [-0.15, -0.1) is 0 Å². The largest absolute Gasteiger partial charge is 0.465 e. The fraction of sp³-hybridized carbons (Fsp3) is 0.211. The van der Waals surface area contributed by atoms with Crippen LogP contribution >= 0.6 is 0 Å². The topological polar surface area (TPSA) is 113 Å². The van der Waals surface area contributed by atoms with Gasteiger partial charge in [0.05, 0.1) is 30.9 Å². The summed E-state index contributed by atoms with van der Waals surface area (Å²) in [4.78, 5) is 35.0. The van der Waals surface area contributed by atoms with Crippen LogP contribution in [0.25, 0.3) is 0 Å². The molecule has 0 heterocycles. The Morgan fingerprint density at radius 1 is 0.857 bits per heavy atom. The van der Waals surface area contributed by atoms with E-state index in [-0.39, 0.29) is 28.2 Å². The first kappa shape index (κ1) is 21.1. The summed E-state index contributed by atoms with van der Waals surface area (Å²) in [6.45, 7) is 3.02. The molecule has 2 aromatic rings. The van der Waals surface area contributed by atoms with Gasteiger partial charge in [-0.2, -0.15) is 8.42 Å². The second-order valence-corrected chi connectivity index (χ2v) is 7.37. The van der Waals surface area contributed by atoms with Crippen molar-refractivity contribution < 1.29 is 36.5 Å². The Kier molecular flexibility index (Phi) is 6.19. The third-order valence-electron chi connectivity index (χ3n) is 3.75. The maximum absolute atomic E-state index is 12.7. The van der Waals surface area contributed by atoms with E-state index in [0.717, 1.165) is 38.0 Å². The summed E-state index contributed by atoms with van der Waals surface area (Å²) >= 11 is 0. The Labute approximate surface area is 162 Å². The Hall–Kier alpha value is -3.20. The first-order chi connectivity index (χ1) is 13.1. The van der Waals surface area contributed by atoms with Gasteiger partial charge < -0.3 is 13.7 Å². The van der Waals surface area contributed by atoms with Crippen molar-refractivity contribution in [2.24, 2.45) is 0 Å². The molecule has 0 amide bonds. The molecule has 0 unspecified atom stereocenters. The average molecular weight is 406 g/mol. The molecule has 0 aromatic heterocycles. The number of ether oxygens (including phenoxy) is 2. The highest BCUT2D eigenvalue weighted by atomic mass is 32.2. The summed E-state index contributed by atoms with van der Waals surface area (Å²) in [5.74, 6) is -2.24. The molecular formula is C19H18O8S. The van der Waals surface area contributed by atoms with Crippen molar-refractivity contribution in [2.75, 3.05) is 14.2 Å². The minimum Gasteiger partial charge on any atom is -0.465 e. The van der Waals surface area contributed by atoms with Crippen LogP contribution in [-0.4, -0.2) is 40.4 Å². The van der Waals surface area contributed by atoms with Crippen molar-refractivity contribution in [2.45, 2.75) is 18.7 Å². The summed E-state index contributed by atoms with van der Waals surface area (Å²) in [6.07, 6.45) is 0. The lowest BCUT2D eigenvalue weighted by atomic mass is 10.1. The number of rotatable bonds is 6. The van der Waals surface area contributed by atoms with Crippen LogP contribution in [0.5, 0.6) is 5.75 Å². The van der Waals surface area contributed by atoms with Crippen LogP contribution in [0.15, 0.2) is 41.3 Å². The molecule has 0 saturated heterocycles. The van der Waals surface area contributed by atoms with Crippen molar-refractivity contribution >= 4 is 27.8 Å². The zero-order valence-corrected chi connectivity index (χ0v) is 16.5. The SMILES string of the molecule is COC(=O)c1cc(C(=O)OC)cc(S(=O)(=O)Oc2ccc(C)cc2C(C)=O)c1. The molecule has 0 saturated carbocycles. The van der Waals surface area contributed by atoms with E-state index in [1.54, 1.807) is 13.0 Å². The number of carbonyl (C=O) groups excluding carboxylic acids is 3. The van der Waals surface area contributed by atoms with Crippen LogP contribution in [0.3, 0.4) is 0 Å². The molecule has 148 valence electrons. The van der Waals surface area contributed by atoms with Crippen LogP contribution in [0.2, 0.25) is 0 Å². The Morgan fingerprint density at radius 3 is 1.86 bits per heavy atom. The molecule has 0 fully saturated rings. The second-order valence-electron chi connectivity index (χ2n) is 5.82. The summed E-state index contributed by atoms with van der Waals surface area (Å²) < 4.78 is 39.8. The molecule has 0 bridgehead atoms. The molecule has 2 aromatic carbocycles. The lowest BCUT2D eigenvalue weighted by Crippen LogP contribution is -2.15. The van der Waals surface area contributed by atoms with Gasteiger partial charge in [0.25, 0.3) is 0 Å². The van der Waals surface area contributed by atoms with Crippen LogP contribution in [-0.2, 0) is 19.6 Å². The van der Waals surface area contributed by atoms with Crippen molar-refractivity contribution in [1.29, 1.82) is 0 Å². The van der Waals surface area contributed by atoms with E-state index in [2.05, 4.69) is 9.47 Å². The van der Waals surface area contributed by atoms with Gasteiger partial charge in [0.2, 0.25) is 0 Å². The van der Waals surface area contributed by atoms with E-state index >= 15 is 0 Å². The van der Waals surface area contributed by atoms with E-state index in [0.29, 0.717) is 0 Å². The van der Waals surface area contributed by atoms with Gasteiger partial charge in [-0.1, -0.05) is 11.6 Å². The van der Waals surface area contributed by atoms with Crippen molar-refractivity contribution in [1.82, 2.24) is 0 Å². The summed E-state index contributed by atoms with van der Waals surface area (Å²) in [5.41, 5.74) is 0.475. The molecule has 8 nitrogen and oxygen atoms in total. The molecule has 0 aliphatic carbocycles. The number of Topliss-reactive ketones (excluding diaryl/α,β-unsaturated/α-hetero) is 1. The fourth-order valence-corrected chi connectivity index (χ4v) is 3.39. The van der Waals surface area contributed by atoms with Crippen LogP contribution in [0, 0.1) is 6.92 Å². The predicted octanol–water partition coefficient (Wildman–Crippen LogP) is 2.54. The second kappa shape index (κ2) is 8.22. The molecule has 9 heteroatoms. The van der Waals surface area contributed by atoms with Gasteiger partial charge in [-0.05, 0) is 44.2 Å². The van der Waals surface area contributed by atoms with Gasteiger partial charge in [0.1, 0.15) is 4.90 Å². The van der Waals surface area contributed by atoms with E-state index in [9.17, 15) is 22.8 Å². The van der Waals surface area contributed by atoms with Gasteiger partial charge in [-0.25, -0.2) is 9.59 Å². The lowest BCUT2D eigenvalue weighted by molar-refractivity contribution is 0.0598. The van der Waals surface area contributed by atoms with Gasteiger partial charge >= 0.3 is 22.1 Å². The molecular weight excluding hydrogens is 388 g/mol. The zero-order valence-electron chi connectivity index (χ0n) is 15.6. The van der Waals surface area contributed by atoms with Gasteiger partial charge in [-0.3, -0.25) is 4.79 Å². The molecule has 0 spiro atoms. The first-order valence-electron chi connectivity index (χ1n) is 7.97. The number of carbonyl (C=O) groups is 3. The molecule has 0 aliphatic rings. The van der Waals surface area contributed by atoms with Crippen molar-refractivity contribution in [3.05, 3.63) is 58.7 Å². The molecule has 0 N–H and O–H groups in total. The predicted molar refractivity (Wildman–Crippen MR) is 98.1 cm³/mol. The Balaban J connectivity index is 2.58. The Bertz CT molecular complexity index is 1020. The molecule has 0 radical (unpaired) electrons. The third kappa shape index (κ3) is 4.55. The maximum atomic E-state index is 12.7. The number of methoxy groups -OCH3 is 2. The molecule has 28 heavy (non-hydrogen) atoms. The number of aryl methyl sites for hydroxylation is 1. The zero-order chi connectivity index (χ0) is 21.1. The van der Waals surface area contributed by atoms with Crippen LogP contribution in [0.1, 0.15) is 43.6 Å². The van der Waals surface area contributed by atoms with Crippen LogP contribution < -0.4 is 4.18 Å². The van der Waals surface area contributed by atoms with Crippen molar-refractivity contribution in [3.8, 4) is 5.75 Å². The smallest absolute Gasteiger partial charge is 0.339 e. The number of hydrogen-bond donors (Lipinski definition) is 0. The number of ketones is 1. The van der Waals surface area contributed by atoms with Gasteiger partial charge in [0, 0.05) is 0 Å². The molecule has 0 aliphatic heterocycles. The number of hydrogen-bond acceptors (Lipinski definition) is 8. The fourth-order valence-electron chi connectivity index (χ4n) is 2.37. The highest BCUT2D eigenvalue weighted by Gasteiger charge is 2.24. The van der Waals surface area contributed by atoms with Gasteiger partial charge in [0.15, 0.2) is 11.5 Å². The first-order valence-corrected chi connectivity index (χ1v) is 9.37. The Morgan fingerprint density at radius 2 is 1.39 bits per heavy atom. The third-order valence-corrected chi connectivity index (χ3v) is 4.96. The highest BCUT2D eigenvalue weighted by Crippen LogP contribution is 2.26. The van der Waals surface area contributed by atoms with Crippen LogP contribution in [0.4, 0.5) is 0 Å². The minimum absolute atomic E-state index is 0.0842. The molecule has 2 rings (SSSR count). The van der Waals surface area contributed by atoms with E-state index < -0.39 is 27.0 Å². The summed E-state index contributed by atoms with van der Waals surface area (Å²) in [6, 6.07) is 7.60. The van der Waals surface area contributed by atoms with E-state index in [1.807, 2.05) is 0 Å². The average Bonchev–Trinajstić information content (AvgIpc) is 2.67. The molecule has 0 atom stereocenters. The quantitative estimate of drug-likeness (QED) is 0.409. The number of esters is 2. The maximum Gasteiger partial charge on any atom is 0.339 e. The number of benzene rings is 2. The lowest BCUT2D eigenvalue weighted by Gasteiger charge is -2.12. The normalized spacial score (nSPS) is 10.9. The summed E-state index contributed by atoms with van der Waals surface area (Å²) in [5, 5.41) is 0. The van der Waals surface area contributed by atoms with Crippen molar-refractivity contribution in [3.63, 3.8) is 0 Å².